The van der Waals surface area contributed by atoms with Crippen molar-refractivity contribution in [2.75, 3.05) is 5.32 Å². The van der Waals surface area contributed by atoms with Crippen LogP contribution in [0.15, 0.2) is 42.5 Å². The minimum atomic E-state index is -4.43. The molecule has 112 valence electrons. The van der Waals surface area contributed by atoms with Gasteiger partial charge in [-0.3, -0.25) is 0 Å². The highest BCUT2D eigenvalue weighted by Crippen LogP contribution is 2.34. The summed E-state index contributed by atoms with van der Waals surface area (Å²) in [5.41, 5.74) is 0.226. The van der Waals surface area contributed by atoms with Crippen LogP contribution in [0.25, 0.3) is 0 Å². The highest BCUT2D eigenvalue weighted by molar-refractivity contribution is 6.33. The molecule has 0 radical (unpaired) electrons. The van der Waals surface area contributed by atoms with Crippen LogP contribution >= 0.6 is 11.6 Å². The first kappa shape index (κ1) is 15.6. The number of hydrogen-bond donors (Lipinski definition) is 1. The van der Waals surface area contributed by atoms with Gasteiger partial charge in [0.25, 0.3) is 0 Å². The summed E-state index contributed by atoms with van der Waals surface area (Å²) in [6, 6.07) is 8.75. The molecule has 1 unspecified atom stereocenters. The second kappa shape index (κ2) is 5.93. The van der Waals surface area contributed by atoms with Crippen molar-refractivity contribution in [2.45, 2.75) is 19.1 Å². The Morgan fingerprint density at radius 3 is 2.38 bits per heavy atom. The number of alkyl halides is 3. The van der Waals surface area contributed by atoms with Crippen molar-refractivity contribution in [3.05, 3.63) is 64.4 Å². The molecule has 2 aromatic carbocycles. The van der Waals surface area contributed by atoms with E-state index in [1.54, 1.807) is 19.1 Å². The van der Waals surface area contributed by atoms with Crippen molar-refractivity contribution < 1.29 is 17.6 Å². The summed E-state index contributed by atoms with van der Waals surface area (Å²) >= 11 is 5.86. The first-order valence-electron chi connectivity index (χ1n) is 6.16. The first-order valence-corrected chi connectivity index (χ1v) is 6.54. The molecule has 2 aromatic rings. The van der Waals surface area contributed by atoms with Gasteiger partial charge in [0.05, 0.1) is 16.3 Å². The van der Waals surface area contributed by atoms with Crippen molar-refractivity contribution in [3.63, 3.8) is 0 Å². The van der Waals surface area contributed by atoms with E-state index in [-0.39, 0.29) is 16.9 Å². The molecular weight excluding hydrogens is 306 g/mol. The Kier molecular flexibility index (Phi) is 4.42. The molecule has 0 aliphatic heterocycles. The van der Waals surface area contributed by atoms with E-state index >= 15 is 0 Å². The molecule has 1 N–H and O–H groups in total. The Morgan fingerprint density at radius 2 is 1.81 bits per heavy atom. The number of benzene rings is 2. The summed E-state index contributed by atoms with van der Waals surface area (Å²) in [5, 5.41) is 2.93. The van der Waals surface area contributed by atoms with Gasteiger partial charge in [0.2, 0.25) is 0 Å². The van der Waals surface area contributed by atoms with Crippen LogP contribution in [-0.2, 0) is 6.18 Å². The average Bonchev–Trinajstić information content (AvgIpc) is 2.39. The minimum Gasteiger partial charge on any atom is -0.377 e. The van der Waals surface area contributed by atoms with Gasteiger partial charge in [-0.05, 0) is 42.8 Å². The Balaban J connectivity index is 2.20. The monoisotopic (exact) mass is 317 g/mol. The predicted molar refractivity (Wildman–Crippen MR) is 74.9 cm³/mol. The number of hydrogen-bond acceptors (Lipinski definition) is 1. The van der Waals surface area contributed by atoms with Gasteiger partial charge < -0.3 is 5.32 Å². The molecule has 0 fully saturated rings. The topological polar surface area (TPSA) is 12.0 Å². The van der Waals surface area contributed by atoms with E-state index in [0.29, 0.717) is 11.3 Å². The molecule has 0 amide bonds. The summed E-state index contributed by atoms with van der Waals surface area (Å²) in [7, 11) is 0. The van der Waals surface area contributed by atoms with E-state index in [1.165, 1.54) is 18.2 Å². The number of anilines is 1. The lowest BCUT2D eigenvalue weighted by atomic mass is 10.1. The zero-order valence-corrected chi connectivity index (χ0v) is 11.8. The van der Waals surface area contributed by atoms with Crippen molar-refractivity contribution in [1.82, 2.24) is 0 Å². The van der Waals surface area contributed by atoms with E-state index in [2.05, 4.69) is 5.32 Å². The molecule has 0 saturated carbocycles. The largest absolute Gasteiger partial charge is 0.416 e. The lowest BCUT2D eigenvalue weighted by Crippen LogP contribution is -2.09. The standard InChI is InChI=1S/C15H12ClF4N/c1-9(10-3-2-4-12(17)7-10)21-14-6-5-11(8-13(14)16)15(18,19)20/h2-9,21H,1H3. The molecule has 0 aliphatic rings. The van der Waals surface area contributed by atoms with Crippen LogP contribution in [0.3, 0.4) is 0 Å². The zero-order chi connectivity index (χ0) is 15.6. The Bertz CT molecular complexity index is 640. The maximum absolute atomic E-state index is 13.2. The third kappa shape index (κ3) is 3.88. The van der Waals surface area contributed by atoms with Crippen LogP contribution in [0.1, 0.15) is 24.1 Å². The smallest absolute Gasteiger partial charge is 0.377 e. The molecule has 0 saturated heterocycles. The molecule has 21 heavy (non-hydrogen) atoms. The lowest BCUT2D eigenvalue weighted by Gasteiger charge is -2.18. The Labute approximate surface area is 124 Å². The van der Waals surface area contributed by atoms with Gasteiger partial charge in [0.15, 0.2) is 0 Å². The van der Waals surface area contributed by atoms with Crippen LogP contribution < -0.4 is 5.32 Å². The van der Waals surface area contributed by atoms with Crippen molar-refractivity contribution in [2.24, 2.45) is 0 Å². The maximum atomic E-state index is 13.2. The van der Waals surface area contributed by atoms with Gasteiger partial charge in [0.1, 0.15) is 5.82 Å². The van der Waals surface area contributed by atoms with Crippen LogP contribution in [0.4, 0.5) is 23.2 Å². The van der Waals surface area contributed by atoms with E-state index in [9.17, 15) is 17.6 Å². The van der Waals surface area contributed by atoms with Crippen molar-refractivity contribution >= 4 is 17.3 Å². The molecule has 0 bridgehead atoms. The summed E-state index contributed by atoms with van der Waals surface area (Å²) in [5.74, 6) is -0.375. The number of halogens is 5. The number of rotatable bonds is 3. The SMILES string of the molecule is CC(Nc1ccc(C(F)(F)F)cc1Cl)c1cccc(F)c1. The molecule has 0 spiro atoms. The molecule has 0 heterocycles. The van der Waals surface area contributed by atoms with Crippen molar-refractivity contribution in [1.29, 1.82) is 0 Å². The maximum Gasteiger partial charge on any atom is 0.416 e. The van der Waals surface area contributed by atoms with Gasteiger partial charge in [-0.15, -0.1) is 0 Å². The van der Waals surface area contributed by atoms with E-state index in [0.717, 1.165) is 12.1 Å². The fraction of sp³-hybridized carbons (Fsp3) is 0.200. The normalized spacial score (nSPS) is 13.0. The van der Waals surface area contributed by atoms with Gasteiger partial charge in [-0.1, -0.05) is 23.7 Å². The second-order valence-electron chi connectivity index (χ2n) is 4.61. The van der Waals surface area contributed by atoms with Gasteiger partial charge in [0, 0.05) is 6.04 Å². The summed E-state index contributed by atoms with van der Waals surface area (Å²) < 4.78 is 50.8. The van der Waals surface area contributed by atoms with Crippen LogP contribution in [0, 0.1) is 5.82 Å². The lowest BCUT2D eigenvalue weighted by molar-refractivity contribution is -0.137. The number of nitrogens with one attached hydrogen (secondary N) is 1. The quantitative estimate of drug-likeness (QED) is 0.719. The predicted octanol–water partition coefficient (Wildman–Crippen LogP) is 5.67. The molecular formula is C15H12ClF4N. The molecule has 0 aliphatic carbocycles. The van der Waals surface area contributed by atoms with E-state index in [1.807, 2.05) is 0 Å². The van der Waals surface area contributed by atoms with E-state index < -0.39 is 11.7 Å². The molecule has 0 aromatic heterocycles. The third-order valence-corrected chi connectivity index (χ3v) is 3.33. The first-order chi connectivity index (χ1) is 9.77. The average molecular weight is 318 g/mol. The van der Waals surface area contributed by atoms with E-state index in [4.69, 9.17) is 11.6 Å². The van der Waals surface area contributed by atoms with Crippen LogP contribution in [0.2, 0.25) is 5.02 Å². The summed E-state index contributed by atoms with van der Waals surface area (Å²) in [6.07, 6.45) is -4.43. The molecule has 2 rings (SSSR count). The van der Waals surface area contributed by atoms with Crippen LogP contribution in [0.5, 0.6) is 0 Å². The molecule has 6 heteroatoms. The second-order valence-corrected chi connectivity index (χ2v) is 5.02. The highest BCUT2D eigenvalue weighted by atomic mass is 35.5. The fourth-order valence-corrected chi connectivity index (χ4v) is 2.14. The van der Waals surface area contributed by atoms with Gasteiger partial charge in [-0.2, -0.15) is 13.2 Å². The summed E-state index contributed by atoms with van der Waals surface area (Å²) in [6.45, 7) is 1.77. The molecule has 1 nitrogen and oxygen atoms in total. The highest BCUT2D eigenvalue weighted by Gasteiger charge is 2.30. The fourth-order valence-electron chi connectivity index (χ4n) is 1.90. The summed E-state index contributed by atoms with van der Waals surface area (Å²) in [4.78, 5) is 0. The van der Waals surface area contributed by atoms with Crippen LogP contribution in [-0.4, -0.2) is 0 Å². The minimum absolute atomic E-state index is 0.0342. The molecule has 1 atom stereocenters. The van der Waals surface area contributed by atoms with Gasteiger partial charge in [-0.25, -0.2) is 4.39 Å². The van der Waals surface area contributed by atoms with Gasteiger partial charge >= 0.3 is 6.18 Å². The third-order valence-electron chi connectivity index (χ3n) is 3.02. The van der Waals surface area contributed by atoms with Crippen molar-refractivity contribution in [3.8, 4) is 0 Å². The zero-order valence-electron chi connectivity index (χ0n) is 11.0. The Hall–Kier alpha value is -1.75. The Morgan fingerprint density at radius 1 is 1.10 bits per heavy atom.